The fourth-order valence-electron chi connectivity index (χ4n) is 1.12. The Morgan fingerprint density at radius 2 is 2.07 bits per heavy atom. The minimum atomic E-state index is 0.186. The lowest BCUT2D eigenvalue weighted by molar-refractivity contribution is 0.457. The van der Waals surface area contributed by atoms with Crippen LogP contribution in [0.1, 0.15) is 5.56 Å². The van der Waals surface area contributed by atoms with Gasteiger partial charge in [0, 0.05) is 12.4 Å². The van der Waals surface area contributed by atoms with Crippen LogP contribution in [-0.2, 0) is 0 Å². The van der Waals surface area contributed by atoms with Crippen LogP contribution in [0.25, 0.3) is 0 Å². The van der Waals surface area contributed by atoms with Crippen molar-refractivity contribution in [3.63, 3.8) is 0 Å². The first-order valence-electron chi connectivity index (χ1n) is 4.50. The van der Waals surface area contributed by atoms with E-state index in [1.807, 2.05) is 19.1 Å². The number of hydrogen-bond acceptors (Lipinski definition) is 4. The zero-order chi connectivity index (χ0) is 10.7. The number of aromatic nitrogens is 2. The van der Waals surface area contributed by atoms with Gasteiger partial charge in [0.1, 0.15) is 15.8 Å². The molecule has 0 spiro atoms. The van der Waals surface area contributed by atoms with Crippen molar-refractivity contribution in [1.29, 1.82) is 0 Å². The Morgan fingerprint density at radius 1 is 1.20 bits per heavy atom. The van der Waals surface area contributed by atoms with E-state index in [9.17, 15) is 5.11 Å². The molecule has 2 rings (SSSR count). The second-order valence-electron chi connectivity index (χ2n) is 3.10. The molecule has 4 heteroatoms. The Labute approximate surface area is 92.2 Å². The summed E-state index contributed by atoms with van der Waals surface area (Å²) in [6.45, 7) is 2.00. The molecule has 1 N–H and O–H groups in total. The molecule has 2 aromatic heterocycles. The summed E-state index contributed by atoms with van der Waals surface area (Å²) in [6.07, 6.45) is 3.40. The van der Waals surface area contributed by atoms with Gasteiger partial charge in [-0.25, -0.2) is 9.97 Å². The quantitative estimate of drug-likeness (QED) is 0.841. The molecule has 0 saturated heterocycles. The molecular weight excluding hydrogens is 208 g/mol. The second-order valence-corrected chi connectivity index (χ2v) is 4.11. The zero-order valence-electron chi connectivity index (χ0n) is 8.21. The summed E-state index contributed by atoms with van der Waals surface area (Å²) in [5, 5.41) is 10.9. The molecule has 15 heavy (non-hydrogen) atoms. The molecule has 0 saturated carbocycles. The van der Waals surface area contributed by atoms with Gasteiger partial charge in [-0.15, -0.1) is 0 Å². The monoisotopic (exact) mass is 218 g/mol. The number of nitrogens with zero attached hydrogens (tertiary/aromatic N) is 2. The Balaban J connectivity index is 2.26. The third-order valence-corrected chi connectivity index (χ3v) is 2.78. The van der Waals surface area contributed by atoms with E-state index in [1.165, 1.54) is 11.8 Å². The van der Waals surface area contributed by atoms with E-state index in [-0.39, 0.29) is 5.75 Å². The van der Waals surface area contributed by atoms with Crippen LogP contribution >= 0.6 is 11.8 Å². The van der Waals surface area contributed by atoms with E-state index in [4.69, 9.17) is 0 Å². The van der Waals surface area contributed by atoms with Gasteiger partial charge in [0.15, 0.2) is 0 Å². The smallest absolute Gasteiger partial charge is 0.148 e. The molecule has 0 aliphatic rings. The van der Waals surface area contributed by atoms with E-state index in [0.29, 0.717) is 5.03 Å². The molecule has 0 unspecified atom stereocenters. The van der Waals surface area contributed by atoms with Crippen molar-refractivity contribution in [2.45, 2.75) is 17.0 Å². The first-order chi connectivity index (χ1) is 7.25. The summed E-state index contributed by atoms with van der Waals surface area (Å²) in [5.74, 6) is 0.186. The highest BCUT2D eigenvalue weighted by molar-refractivity contribution is 7.99. The average molecular weight is 218 g/mol. The topological polar surface area (TPSA) is 46.0 Å². The van der Waals surface area contributed by atoms with Crippen molar-refractivity contribution in [3.8, 4) is 5.75 Å². The second kappa shape index (κ2) is 4.31. The van der Waals surface area contributed by atoms with Crippen LogP contribution in [0.4, 0.5) is 0 Å². The third kappa shape index (κ3) is 2.47. The molecule has 0 aliphatic heterocycles. The number of aryl methyl sites for hydroxylation is 1. The number of aromatic hydroxyl groups is 1. The van der Waals surface area contributed by atoms with Gasteiger partial charge in [-0.2, -0.15) is 0 Å². The summed E-state index contributed by atoms with van der Waals surface area (Å²) < 4.78 is 0. The molecule has 3 nitrogen and oxygen atoms in total. The van der Waals surface area contributed by atoms with Crippen molar-refractivity contribution in [2.24, 2.45) is 0 Å². The minimum absolute atomic E-state index is 0.186. The maximum atomic E-state index is 9.53. The number of rotatable bonds is 2. The van der Waals surface area contributed by atoms with E-state index in [1.54, 1.807) is 24.5 Å². The van der Waals surface area contributed by atoms with Gasteiger partial charge in [-0.05, 0) is 48.5 Å². The van der Waals surface area contributed by atoms with Crippen LogP contribution < -0.4 is 0 Å². The highest BCUT2D eigenvalue weighted by Crippen LogP contribution is 2.30. The molecule has 0 amide bonds. The summed E-state index contributed by atoms with van der Waals surface area (Å²) in [4.78, 5) is 8.26. The summed E-state index contributed by atoms with van der Waals surface area (Å²) in [7, 11) is 0. The molecule has 2 aromatic rings. The van der Waals surface area contributed by atoms with Crippen LogP contribution in [0.5, 0.6) is 5.75 Å². The number of pyridine rings is 2. The van der Waals surface area contributed by atoms with E-state index >= 15 is 0 Å². The number of hydrogen-bond donors (Lipinski definition) is 1. The largest absolute Gasteiger partial charge is 0.505 e. The maximum absolute atomic E-state index is 9.53. The minimum Gasteiger partial charge on any atom is -0.505 e. The fourth-order valence-corrected chi connectivity index (χ4v) is 1.97. The average Bonchev–Trinajstić information content (AvgIpc) is 2.22. The van der Waals surface area contributed by atoms with Crippen molar-refractivity contribution in [1.82, 2.24) is 9.97 Å². The van der Waals surface area contributed by atoms with Gasteiger partial charge in [0.25, 0.3) is 0 Å². The SMILES string of the molecule is Cc1ccnc(Sc2ncccc2O)c1. The van der Waals surface area contributed by atoms with Crippen molar-refractivity contribution < 1.29 is 5.11 Å². The third-order valence-electron chi connectivity index (χ3n) is 1.84. The van der Waals surface area contributed by atoms with E-state index < -0.39 is 0 Å². The fraction of sp³-hybridized carbons (Fsp3) is 0.0909. The van der Waals surface area contributed by atoms with Crippen LogP contribution in [0.15, 0.2) is 46.7 Å². The van der Waals surface area contributed by atoms with Crippen LogP contribution in [-0.4, -0.2) is 15.1 Å². The Kier molecular flexibility index (Phi) is 2.87. The van der Waals surface area contributed by atoms with Gasteiger partial charge >= 0.3 is 0 Å². The highest BCUT2D eigenvalue weighted by Gasteiger charge is 2.04. The first-order valence-corrected chi connectivity index (χ1v) is 5.32. The van der Waals surface area contributed by atoms with Crippen molar-refractivity contribution in [3.05, 3.63) is 42.2 Å². The predicted molar refractivity (Wildman–Crippen MR) is 59.0 cm³/mol. The lowest BCUT2D eigenvalue weighted by Gasteiger charge is -2.02. The molecule has 0 radical (unpaired) electrons. The van der Waals surface area contributed by atoms with Crippen LogP contribution in [0, 0.1) is 6.92 Å². The molecule has 0 atom stereocenters. The van der Waals surface area contributed by atoms with Gasteiger partial charge in [0.2, 0.25) is 0 Å². The van der Waals surface area contributed by atoms with Crippen LogP contribution in [0.2, 0.25) is 0 Å². The van der Waals surface area contributed by atoms with E-state index in [0.717, 1.165) is 10.6 Å². The molecule has 0 aromatic carbocycles. The summed E-state index contributed by atoms with van der Waals surface area (Å²) in [6, 6.07) is 7.20. The molecule has 0 bridgehead atoms. The van der Waals surface area contributed by atoms with Gasteiger partial charge < -0.3 is 5.11 Å². The first kappa shape index (κ1) is 9.98. The van der Waals surface area contributed by atoms with E-state index in [2.05, 4.69) is 9.97 Å². The summed E-state index contributed by atoms with van der Waals surface area (Å²) >= 11 is 1.36. The van der Waals surface area contributed by atoms with Crippen molar-refractivity contribution in [2.75, 3.05) is 0 Å². The molecule has 0 fully saturated rings. The van der Waals surface area contributed by atoms with Crippen molar-refractivity contribution >= 4 is 11.8 Å². The van der Waals surface area contributed by atoms with Gasteiger partial charge in [-0.3, -0.25) is 0 Å². The molecule has 2 heterocycles. The summed E-state index contributed by atoms with van der Waals surface area (Å²) in [5.41, 5.74) is 1.14. The van der Waals surface area contributed by atoms with Gasteiger partial charge in [0.05, 0.1) is 0 Å². The highest BCUT2D eigenvalue weighted by atomic mass is 32.2. The Bertz CT molecular complexity index is 474. The molecule has 0 aliphatic carbocycles. The Morgan fingerprint density at radius 3 is 2.80 bits per heavy atom. The Hall–Kier alpha value is -1.55. The van der Waals surface area contributed by atoms with Crippen LogP contribution in [0.3, 0.4) is 0 Å². The molecule has 76 valence electrons. The standard InChI is InChI=1S/C11H10N2OS/c1-8-4-6-12-10(7-8)15-11-9(14)3-2-5-13-11/h2-7,14H,1H3. The zero-order valence-corrected chi connectivity index (χ0v) is 9.03. The molecular formula is C11H10N2OS. The van der Waals surface area contributed by atoms with Gasteiger partial charge in [-0.1, -0.05) is 0 Å². The normalized spacial score (nSPS) is 10.2. The lowest BCUT2D eigenvalue weighted by atomic mass is 10.3. The lowest BCUT2D eigenvalue weighted by Crippen LogP contribution is -1.83. The predicted octanol–water partition coefficient (Wildman–Crippen LogP) is 2.64. The maximum Gasteiger partial charge on any atom is 0.148 e.